The highest BCUT2D eigenvalue weighted by atomic mass is 19.1. The number of rotatable bonds is 2. The molecule has 1 aromatic rings. The van der Waals surface area contributed by atoms with Crippen LogP contribution in [-0.2, 0) is 14.2 Å². The van der Waals surface area contributed by atoms with Crippen molar-refractivity contribution in [3.8, 4) is 0 Å². The van der Waals surface area contributed by atoms with Crippen LogP contribution in [0.25, 0.3) is 0 Å². The van der Waals surface area contributed by atoms with Gasteiger partial charge in [-0.25, -0.2) is 4.79 Å². The minimum atomic E-state index is -1.08. The van der Waals surface area contributed by atoms with Crippen LogP contribution in [-0.4, -0.2) is 45.4 Å². The van der Waals surface area contributed by atoms with Crippen LogP contribution in [0.15, 0.2) is 15.8 Å². The fourth-order valence-electron chi connectivity index (χ4n) is 5.44. The Morgan fingerprint density at radius 2 is 1.42 bits per heavy atom. The molecular formula is C24H37FN2O6. The molecule has 1 aliphatic carbocycles. The Hall–Kier alpha value is -1.55. The van der Waals surface area contributed by atoms with Gasteiger partial charge in [0, 0.05) is 12.8 Å². The lowest BCUT2D eigenvalue weighted by atomic mass is 9.99. The summed E-state index contributed by atoms with van der Waals surface area (Å²) < 4.78 is 33.7. The maximum Gasteiger partial charge on any atom is 0.330 e. The summed E-state index contributed by atoms with van der Waals surface area (Å²) in [7, 11) is 0. The first-order chi connectivity index (χ1) is 16.0. The third-order valence-corrected chi connectivity index (χ3v) is 7.23. The van der Waals surface area contributed by atoms with Gasteiger partial charge >= 0.3 is 5.69 Å². The molecule has 3 fully saturated rings. The van der Waals surface area contributed by atoms with Crippen molar-refractivity contribution in [3.05, 3.63) is 32.9 Å². The van der Waals surface area contributed by atoms with E-state index in [0.717, 1.165) is 49.3 Å². The van der Waals surface area contributed by atoms with Crippen LogP contribution in [0.1, 0.15) is 96.1 Å². The predicted molar refractivity (Wildman–Crippen MR) is 119 cm³/mol. The highest BCUT2D eigenvalue weighted by Gasteiger charge is 2.58. The number of aliphatic hydroxyl groups is 1. The number of ether oxygens (including phenoxy) is 3. The zero-order valence-corrected chi connectivity index (χ0v) is 19.3. The van der Waals surface area contributed by atoms with Gasteiger partial charge in [-0.1, -0.05) is 64.2 Å². The van der Waals surface area contributed by atoms with E-state index in [1.807, 2.05) is 4.98 Å². The third kappa shape index (κ3) is 5.75. The first-order valence-electron chi connectivity index (χ1n) is 12.7. The second-order valence-corrected chi connectivity index (χ2v) is 9.71. The second-order valence-electron chi connectivity index (χ2n) is 9.71. The van der Waals surface area contributed by atoms with Gasteiger partial charge in [-0.15, -0.1) is 0 Å². The number of fused-ring (bicyclic) bond motifs is 1. The molecule has 4 atom stereocenters. The number of hydrogen-bond acceptors (Lipinski definition) is 6. The molecule has 0 amide bonds. The molecule has 1 saturated carbocycles. The van der Waals surface area contributed by atoms with Gasteiger partial charge in [0.2, 0.25) is 5.82 Å². The van der Waals surface area contributed by atoms with Crippen molar-refractivity contribution in [1.82, 2.24) is 9.55 Å². The number of aliphatic hydroxyl groups excluding tert-OH is 1. The Labute approximate surface area is 193 Å². The van der Waals surface area contributed by atoms with E-state index in [4.69, 9.17) is 14.2 Å². The topological polar surface area (TPSA) is 103 Å². The summed E-state index contributed by atoms with van der Waals surface area (Å²) in [5, 5.41) is 9.89. The quantitative estimate of drug-likeness (QED) is 0.689. The maximum atomic E-state index is 13.9. The molecule has 3 heterocycles. The van der Waals surface area contributed by atoms with E-state index in [2.05, 4.69) is 0 Å². The number of halogens is 1. The average molecular weight is 469 g/mol. The molecule has 1 spiro atoms. The minimum absolute atomic E-state index is 0.308. The summed E-state index contributed by atoms with van der Waals surface area (Å²) in [5.41, 5.74) is -1.86. The molecule has 186 valence electrons. The smallest absolute Gasteiger partial charge is 0.330 e. The molecule has 33 heavy (non-hydrogen) atoms. The molecular weight excluding hydrogens is 431 g/mol. The minimum Gasteiger partial charge on any atom is -0.394 e. The zero-order valence-electron chi connectivity index (χ0n) is 19.3. The standard InChI is InChI=1S/C24H37FN2O6/c25-17-15-27(23(30)26-21(17)29)22-20-19(18(16-28)31-22)32-24(33-20)13-11-9-7-5-3-1-2-4-6-8-10-12-14-24/h15,18-20,22,28H,1-14,16H2,(H,26,29,30)/t18-,19-,20-,22-/m1/s1. The van der Waals surface area contributed by atoms with Crippen molar-refractivity contribution in [2.45, 2.75) is 120 Å². The molecule has 3 aliphatic rings. The molecule has 9 heteroatoms. The van der Waals surface area contributed by atoms with E-state index in [1.165, 1.54) is 51.4 Å². The van der Waals surface area contributed by atoms with Crippen LogP contribution in [0.3, 0.4) is 0 Å². The lowest BCUT2D eigenvalue weighted by molar-refractivity contribution is -0.228. The van der Waals surface area contributed by atoms with Crippen LogP contribution in [0, 0.1) is 5.82 Å². The van der Waals surface area contributed by atoms with E-state index < -0.39 is 47.4 Å². The van der Waals surface area contributed by atoms with E-state index in [-0.39, 0.29) is 6.61 Å². The summed E-state index contributed by atoms with van der Waals surface area (Å²) in [5.74, 6) is -1.88. The van der Waals surface area contributed by atoms with Crippen LogP contribution in [0.5, 0.6) is 0 Å². The van der Waals surface area contributed by atoms with Gasteiger partial charge in [0.05, 0.1) is 12.8 Å². The zero-order chi connectivity index (χ0) is 23.3. The van der Waals surface area contributed by atoms with Gasteiger partial charge in [-0.05, 0) is 12.8 Å². The molecule has 2 saturated heterocycles. The van der Waals surface area contributed by atoms with E-state index in [0.29, 0.717) is 0 Å². The number of nitrogens with zero attached hydrogens (tertiary/aromatic N) is 1. The fourth-order valence-corrected chi connectivity index (χ4v) is 5.44. The van der Waals surface area contributed by atoms with Crippen LogP contribution in [0.2, 0.25) is 0 Å². The Bertz CT molecular complexity index is 870. The monoisotopic (exact) mass is 468 g/mol. The SMILES string of the molecule is O=c1[nH]c(=O)n([C@@H]2O[C@H](CO)[C@H]3OC4(CCCCCCCCCCCCCC4)O[C@H]32)cc1F. The normalized spacial score (nSPS) is 31.7. The van der Waals surface area contributed by atoms with Crippen molar-refractivity contribution >= 4 is 0 Å². The number of nitrogens with one attached hydrogen (secondary N) is 1. The number of aromatic nitrogens is 2. The molecule has 0 radical (unpaired) electrons. The second kappa shape index (κ2) is 11.3. The van der Waals surface area contributed by atoms with Crippen molar-refractivity contribution in [2.75, 3.05) is 6.61 Å². The molecule has 1 aromatic heterocycles. The van der Waals surface area contributed by atoms with Gasteiger partial charge in [0.25, 0.3) is 5.56 Å². The van der Waals surface area contributed by atoms with Gasteiger partial charge in [0.1, 0.15) is 18.3 Å². The Morgan fingerprint density at radius 1 is 0.909 bits per heavy atom. The molecule has 2 N–H and O–H groups in total. The first-order valence-corrected chi connectivity index (χ1v) is 12.7. The van der Waals surface area contributed by atoms with E-state index in [9.17, 15) is 19.1 Å². The number of hydrogen-bond donors (Lipinski definition) is 2. The first kappa shape index (κ1) is 24.6. The number of aromatic amines is 1. The molecule has 8 nitrogen and oxygen atoms in total. The highest BCUT2D eigenvalue weighted by Crippen LogP contribution is 2.46. The Kier molecular flexibility index (Phi) is 8.38. The summed E-state index contributed by atoms with van der Waals surface area (Å²) in [6.07, 6.45) is 13.7. The summed E-state index contributed by atoms with van der Waals surface area (Å²) in [6, 6.07) is 0. The van der Waals surface area contributed by atoms with Gasteiger partial charge in [-0.3, -0.25) is 14.3 Å². The molecule has 0 unspecified atom stereocenters. The van der Waals surface area contributed by atoms with Gasteiger partial charge in [0.15, 0.2) is 12.0 Å². The van der Waals surface area contributed by atoms with Crippen molar-refractivity contribution in [1.29, 1.82) is 0 Å². The largest absolute Gasteiger partial charge is 0.394 e. The van der Waals surface area contributed by atoms with Crippen molar-refractivity contribution in [3.63, 3.8) is 0 Å². The molecule has 4 rings (SSSR count). The van der Waals surface area contributed by atoms with Crippen LogP contribution >= 0.6 is 0 Å². The lowest BCUT2D eigenvalue weighted by Crippen LogP contribution is -2.39. The summed E-state index contributed by atoms with van der Waals surface area (Å²) in [4.78, 5) is 25.8. The molecule has 0 aromatic carbocycles. The number of H-pyrrole nitrogens is 1. The van der Waals surface area contributed by atoms with Crippen molar-refractivity contribution < 1.29 is 23.7 Å². The molecule has 2 aliphatic heterocycles. The maximum absolute atomic E-state index is 13.9. The van der Waals surface area contributed by atoms with Crippen molar-refractivity contribution in [2.24, 2.45) is 0 Å². The Balaban J connectivity index is 1.52. The fraction of sp³-hybridized carbons (Fsp3) is 0.833. The summed E-state index contributed by atoms with van der Waals surface area (Å²) >= 11 is 0. The highest BCUT2D eigenvalue weighted by molar-refractivity contribution is 5.00. The van der Waals surface area contributed by atoms with Crippen LogP contribution in [0.4, 0.5) is 4.39 Å². The van der Waals surface area contributed by atoms with Gasteiger partial charge < -0.3 is 19.3 Å². The van der Waals surface area contributed by atoms with E-state index >= 15 is 0 Å². The van der Waals surface area contributed by atoms with Gasteiger partial charge in [-0.2, -0.15) is 4.39 Å². The van der Waals surface area contributed by atoms with Crippen LogP contribution < -0.4 is 11.2 Å². The summed E-state index contributed by atoms with van der Waals surface area (Å²) in [6.45, 7) is -0.308. The average Bonchev–Trinajstić information content (AvgIpc) is 3.31. The lowest BCUT2D eigenvalue weighted by Gasteiger charge is -2.31. The molecule has 0 bridgehead atoms. The van der Waals surface area contributed by atoms with E-state index in [1.54, 1.807) is 0 Å². The Morgan fingerprint density at radius 3 is 1.97 bits per heavy atom. The predicted octanol–water partition coefficient (Wildman–Crippen LogP) is 3.52. The third-order valence-electron chi connectivity index (χ3n) is 7.23.